The van der Waals surface area contributed by atoms with Crippen molar-refractivity contribution in [2.45, 2.75) is 25.9 Å². The van der Waals surface area contributed by atoms with Crippen molar-refractivity contribution in [2.24, 2.45) is 10.4 Å². The van der Waals surface area contributed by atoms with Gasteiger partial charge in [0, 0.05) is 31.7 Å². The molecule has 3 aliphatic heterocycles. The number of halogens is 1. The standard InChI is InChI=1S/C19H27N3O3.HI/c1-2-20-18(22-9-7-19(13-22)8-10-23-14-19)21-11-15-12-24-16-5-3-4-6-17(16)25-15;/h3-6,15H,2,7-14H2,1H3,(H,20,21);1H. The molecule has 2 atom stereocenters. The zero-order valence-corrected chi connectivity index (χ0v) is 17.6. The zero-order valence-electron chi connectivity index (χ0n) is 15.3. The minimum atomic E-state index is -0.0464. The van der Waals surface area contributed by atoms with Crippen LogP contribution in [0.2, 0.25) is 0 Å². The second-order valence-corrected chi connectivity index (χ2v) is 7.17. The summed E-state index contributed by atoms with van der Waals surface area (Å²) in [7, 11) is 0. The Balaban J connectivity index is 0.00000196. The Labute approximate surface area is 172 Å². The summed E-state index contributed by atoms with van der Waals surface area (Å²) in [5, 5.41) is 3.43. The van der Waals surface area contributed by atoms with E-state index in [0.717, 1.165) is 50.3 Å². The SMILES string of the molecule is CCNC(=NCC1COc2ccccc2O1)N1CCC2(CCOC2)C1.I. The van der Waals surface area contributed by atoms with Crippen LogP contribution in [0.1, 0.15) is 19.8 Å². The molecule has 0 saturated carbocycles. The zero-order chi connectivity index (χ0) is 17.1. The van der Waals surface area contributed by atoms with Crippen LogP contribution >= 0.6 is 24.0 Å². The van der Waals surface area contributed by atoms with Crippen molar-refractivity contribution in [3.8, 4) is 11.5 Å². The van der Waals surface area contributed by atoms with E-state index in [1.165, 1.54) is 12.8 Å². The van der Waals surface area contributed by atoms with E-state index in [2.05, 4.69) is 17.1 Å². The molecule has 2 fully saturated rings. The van der Waals surface area contributed by atoms with Gasteiger partial charge in [-0.05, 0) is 31.9 Å². The fourth-order valence-corrected chi connectivity index (χ4v) is 3.85. The van der Waals surface area contributed by atoms with E-state index < -0.39 is 0 Å². The molecule has 0 bridgehead atoms. The van der Waals surface area contributed by atoms with Crippen LogP contribution in [0, 0.1) is 5.41 Å². The van der Waals surface area contributed by atoms with Gasteiger partial charge in [-0.3, -0.25) is 0 Å². The van der Waals surface area contributed by atoms with E-state index in [4.69, 9.17) is 19.2 Å². The maximum absolute atomic E-state index is 6.02. The van der Waals surface area contributed by atoms with Crippen molar-refractivity contribution < 1.29 is 14.2 Å². The summed E-state index contributed by atoms with van der Waals surface area (Å²) in [5.41, 5.74) is 0.333. The number of aliphatic imine (C=N–C) groups is 1. The monoisotopic (exact) mass is 473 g/mol. The molecule has 6 nitrogen and oxygen atoms in total. The van der Waals surface area contributed by atoms with Crippen molar-refractivity contribution in [3.05, 3.63) is 24.3 Å². The molecule has 1 N–H and O–H groups in total. The number of nitrogens with zero attached hydrogens (tertiary/aromatic N) is 2. The molecular weight excluding hydrogens is 445 g/mol. The quantitative estimate of drug-likeness (QED) is 0.416. The first-order valence-electron chi connectivity index (χ1n) is 9.27. The molecule has 0 aliphatic carbocycles. The number of hydrogen-bond acceptors (Lipinski definition) is 4. The largest absolute Gasteiger partial charge is 0.486 e. The number of ether oxygens (including phenoxy) is 3. The second kappa shape index (κ2) is 8.65. The maximum Gasteiger partial charge on any atom is 0.194 e. The summed E-state index contributed by atoms with van der Waals surface area (Å²) < 4.78 is 17.4. The number of benzene rings is 1. The molecule has 3 aliphatic rings. The first-order valence-corrected chi connectivity index (χ1v) is 9.27. The van der Waals surface area contributed by atoms with E-state index in [9.17, 15) is 0 Å². The van der Waals surface area contributed by atoms with Gasteiger partial charge in [0.25, 0.3) is 0 Å². The number of rotatable bonds is 3. The Morgan fingerprint density at radius 2 is 2.15 bits per heavy atom. The topological polar surface area (TPSA) is 55.3 Å². The van der Waals surface area contributed by atoms with Gasteiger partial charge in [0.2, 0.25) is 0 Å². The molecule has 7 heteroatoms. The average molecular weight is 473 g/mol. The molecular formula is C19H28IN3O3. The van der Waals surface area contributed by atoms with E-state index in [1.807, 2.05) is 24.3 Å². The molecule has 26 heavy (non-hydrogen) atoms. The third-order valence-electron chi connectivity index (χ3n) is 5.27. The lowest BCUT2D eigenvalue weighted by Crippen LogP contribution is -2.42. The minimum absolute atomic E-state index is 0. The Bertz CT molecular complexity index is 634. The third-order valence-corrected chi connectivity index (χ3v) is 5.27. The first-order chi connectivity index (χ1) is 12.3. The van der Waals surface area contributed by atoms with Crippen LogP contribution < -0.4 is 14.8 Å². The van der Waals surface area contributed by atoms with Crippen molar-refractivity contribution in [2.75, 3.05) is 46.0 Å². The molecule has 2 unspecified atom stereocenters. The molecule has 0 aromatic heterocycles. The molecule has 1 spiro atoms. The van der Waals surface area contributed by atoms with Crippen molar-refractivity contribution in [1.29, 1.82) is 0 Å². The highest BCUT2D eigenvalue weighted by Gasteiger charge is 2.42. The molecule has 0 radical (unpaired) electrons. The van der Waals surface area contributed by atoms with Gasteiger partial charge in [-0.2, -0.15) is 0 Å². The number of hydrogen-bond donors (Lipinski definition) is 1. The number of likely N-dealkylation sites (tertiary alicyclic amines) is 1. The van der Waals surface area contributed by atoms with E-state index in [1.54, 1.807) is 0 Å². The van der Waals surface area contributed by atoms with Gasteiger partial charge in [0.05, 0.1) is 13.2 Å². The predicted octanol–water partition coefficient (Wildman–Crippen LogP) is 2.52. The van der Waals surface area contributed by atoms with Crippen molar-refractivity contribution in [3.63, 3.8) is 0 Å². The van der Waals surface area contributed by atoms with Gasteiger partial charge in [-0.25, -0.2) is 4.99 Å². The highest BCUT2D eigenvalue weighted by atomic mass is 127. The van der Waals surface area contributed by atoms with Crippen LogP contribution in [0.3, 0.4) is 0 Å². The summed E-state index contributed by atoms with van der Waals surface area (Å²) in [6.45, 7) is 7.96. The highest BCUT2D eigenvalue weighted by Crippen LogP contribution is 2.38. The Hall–Kier alpha value is -1.22. The lowest BCUT2D eigenvalue weighted by atomic mass is 9.87. The molecule has 1 aromatic rings. The van der Waals surface area contributed by atoms with E-state index in [0.29, 0.717) is 18.6 Å². The lowest BCUT2D eigenvalue weighted by molar-refractivity contribution is 0.0969. The summed E-state index contributed by atoms with van der Waals surface area (Å²) in [4.78, 5) is 7.20. The van der Waals surface area contributed by atoms with E-state index >= 15 is 0 Å². The lowest BCUT2D eigenvalue weighted by Gasteiger charge is -2.27. The van der Waals surface area contributed by atoms with Crippen LogP contribution in [0.25, 0.3) is 0 Å². The van der Waals surface area contributed by atoms with Crippen LogP contribution in [-0.4, -0.2) is 63.0 Å². The van der Waals surface area contributed by atoms with Gasteiger partial charge in [0.1, 0.15) is 6.61 Å². The summed E-state index contributed by atoms with van der Waals surface area (Å²) in [6.07, 6.45) is 2.31. The number of para-hydroxylation sites is 2. The molecule has 2 saturated heterocycles. The molecule has 4 rings (SSSR count). The first kappa shape index (κ1) is 19.5. The summed E-state index contributed by atoms with van der Waals surface area (Å²) in [6, 6.07) is 7.80. The van der Waals surface area contributed by atoms with Crippen molar-refractivity contribution >= 4 is 29.9 Å². The smallest absolute Gasteiger partial charge is 0.194 e. The van der Waals surface area contributed by atoms with Gasteiger partial charge < -0.3 is 24.4 Å². The van der Waals surface area contributed by atoms with Crippen LogP contribution in [0.5, 0.6) is 11.5 Å². The Kier molecular flexibility index (Phi) is 6.50. The maximum atomic E-state index is 6.02. The summed E-state index contributed by atoms with van der Waals surface area (Å²) in [5.74, 6) is 2.60. The number of nitrogens with one attached hydrogen (secondary N) is 1. The second-order valence-electron chi connectivity index (χ2n) is 7.17. The van der Waals surface area contributed by atoms with Gasteiger partial charge in [-0.1, -0.05) is 12.1 Å². The third kappa shape index (κ3) is 4.19. The van der Waals surface area contributed by atoms with Gasteiger partial charge in [-0.15, -0.1) is 24.0 Å². The molecule has 1 aromatic carbocycles. The van der Waals surface area contributed by atoms with Crippen LogP contribution in [0.15, 0.2) is 29.3 Å². The van der Waals surface area contributed by atoms with Gasteiger partial charge >= 0.3 is 0 Å². The highest BCUT2D eigenvalue weighted by molar-refractivity contribution is 14.0. The van der Waals surface area contributed by atoms with E-state index in [-0.39, 0.29) is 30.1 Å². The predicted molar refractivity (Wildman–Crippen MR) is 112 cm³/mol. The van der Waals surface area contributed by atoms with Crippen LogP contribution in [0.4, 0.5) is 0 Å². The molecule has 0 amide bonds. The molecule has 144 valence electrons. The van der Waals surface area contributed by atoms with Crippen molar-refractivity contribution in [1.82, 2.24) is 10.2 Å². The van der Waals surface area contributed by atoms with Crippen LogP contribution in [-0.2, 0) is 4.74 Å². The fourth-order valence-electron chi connectivity index (χ4n) is 3.85. The normalized spacial score (nSPS) is 27.5. The average Bonchev–Trinajstić information content (AvgIpc) is 3.28. The Morgan fingerprint density at radius 3 is 2.92 bits per heavy atom. The minimum Gasteiger partial charge on any atom is -0.486 e. The fraction of sp³-hybridized carbons (Fsp3) is 0.632. The molecule has 3 heterocycles. The Morgan fingerprint density at radius 1 is 1.31 bits per heavy atom. The van der Waals surface area contributed by atoms with Gasteiger partial charge in [0.15, 0.2) is 23.6 Å². The number of fused-ring (bicyclic) bond motifs is 1. The number of guanidine groups is 1. The summed E-state index contributed by atoms with van der Waals surface area (Å²) >= 11 is 0.